The Morgan fingerprint density at radius 2 is 1.61 bits per heavy atom. The van der Waals surface area contributed by atoms with Crippen LogP contribution in [0.2, 0.25) is 0 Å². The van der Waals surface area contributed by atoms with Crippen LogP contribution in [0.5, 0.6) is 0 Å². The van der Waals surface area contributed by atoms with Crippen molar-refractivity contribution in [1.29, 1.82) is 0 Å². The van der Waals surface area contributed by atoms with Crippen molar-refractivity contribution in [2.75, 3.05) is 38.5 Å². The minimum atomic E-state index is -1.42. The average Bonchev–Trinajstić information content (AvgIpc) is 3.22. The number of primary amides is 1. The van der Waals surface area contributed by atoms with Gasteiger partial charge in [-0.3, -0.25) is 9.59 Å². The number of amides is 2. The lowest BCUT2D eigenvalue weighted by Crippen LogP contribution is -2.47. The first-order valence-corrected chi connectivity index (χ1v) is 12.3. The zero-order valence-electron chi connectivity index (χ0n) is 20.3. The molecule has 4 rings (SSSR count). The summed E-state index contributed by atoms with van der Waals surface area (Å²) in [5.74, 6) is -2.52. The molecule has 0 radical (unpaired) electrons. The molecule has 1 aromatic heterocycles. The minimum absolute atomic E-state index is 0.0497. The van der Waals surface area contributed by atoms with E-state index in [4.69, 9.17) is 5.73 Å². The predicted molar refractivity (Wildman–Crippen MR) is 137 cm³/mol. The highest BCUT2D eigenvalue weighted by molar-refractivity contribution is 7.20. The van der Waals surface area contributed by atoms with Crippen molar-refractivity contribution in [2.45, 2.75) is 19.4 Å². The number of nitrogens with one attached hydrogen (secondary N) is 1. The third-order valence-electron chi connectivity index (χ3n) is 6.17. The zero-order valence-corrected chi connectivity index (χ0v) is 21.1. The zero-order chi connectivity index (χ0) is 26.2. The van der Waals surface area contributed by atoms with Crippen molar-refractivity contribution in [3.63, 3.8) is 0 Å². The monoisotopic (exact) mass is 514 g/mol. The molecule has 2 heterocycles. The number of aliphatic hydroxyl groups is 1. The molecule has 0 unspecified atom stereocenters. The second-order valence-electron chi connectivity index (χ2n) is 9.39. The maximum absolute atomic E-state index is 14.9. The van der Waals surface area contributed by atoms with Crippen LogP contribution in [-0.4, -0.2) is 59.9 Å². The molecular formula is C26H28F2N4O3S. The molecule has 1 saturated heterocycles. The predicted octanol–water partition coefficient (Wildman–Crippen LogP) is 4.15. The topological polar surface area (TPSA) is 98.9 Å². The van der Waals surface area contributed by atoms with Gasteiger partial charge in [0, 0.05) is 42.3 Å². The minimum Gasteiger partial charge on any atom is -0.386 e. The van der Waals surface area contributed by atoms with Gasteiger partial charge in [-0.2, -0.15) is 0 Å². The second-order valence-corrected chi connectivity index (χ2v) is 10.4. The standard InChI is InChI=1S/C26H28F2N4O3S/c1-26(2,35)16-12-19(27)22(20(28)13-16)21-14-18(23(29)33)24(36-21)30-17-6-4-15(5-7-17)25(34)32-10-8-31(3)9-11-32/h4-7,12-14,30,35H,8-11H2,1-3H3,(H2,29,33). The van der Waals surface area contributed by atoms with Crippen LogP contribution in [0.4, 0.5) is 19.5 Å². The van der Waals surface area contributed by atoms with Crippen molar-refractivity contribution in [3.8, 4) is 10.4 Å². The summed E-state index contributed by atoms with van der Waals surface area (Å²) in [5, 5.41) is 13.5. The fourth-order valence-electron chi connectivity index (χ4n) is 3.97. The summed E-state index contributed by atoms with van der Waals surface area (Å²) < 4.78 is 29.7. The number of nitrogens with zero attached hydrogens (tertiary/aromatic N) is 2. The molecule has 2 amide bonds. The number of anilines is 2. The first-order valence-electron chi connectivity index (χ1n) is 11.4. The molecular weight excluding hydrogens is 486 g/mol. The number of likely N-dealkylation sites (N-methyl/N-ethyl adjacent to an activating group) is 1. The number of carbonyl (C=O) groups is 2. The van der Waals surface area contributed by atoms with E-state index < -0.39 is 23.1 Å². The van der Waals surface area contributed by atoms with Gasteiger partial charge >= 0.3 is 0 Å². The molecule has 0 spiro atoms. The lowest BCUT2D eigenvalue weighted by Gasteiger charge is -2.32. The number of benzene rings is 2. The number of thiophene rings is 1. The second kappa shape index (κ2) is 9.96. The van der Waals surface area contributed by atoms with E-state index in [1.807, 2.05) is 11.9 Å². The maximum atomic E-state index is 14.9. The molecule has 0 bridgehead atoms. The van der Waals surface area contributed by atoms with Crippen molar-refractivity contribution in [3.05, 3.63) is 70.8 Å². The summed E-state index contributed by atoms with van der Waals surface area (Å²) in [6.07, 6.45) is 0. The fourth-order valence-corrected chi connectivity index (χ4v) is 5.10. The van der Waals surface area contributed by atoms with Crippen LogP contribution >= 0.6 is 11.3 Å². The van der Waals surface area contributed by atoms with Gasteiger partial charge in [-0.15, -0.1) is 11.3 Å². The third kappa shape index (κ3) is 5.40. The van der Waals surface area contributed by atoms with Crippen LogP contribution in [0.1, 0.15) is 40.1 Å². The molecule has 10 heteroatoms. The molecule has 1 fully saturated rings. The highest BCUT2D eigenvalue weighted by atomic mass is 32.1. The summed E-state index contributed by atoms with van der Waals surface area (Å²) in [6, 6.07) is 10.3. The van der Waals surface area contributed by atoms with E-state index in [9.17, 15) is 23.5 Å². The molecule has 4 N–H and O–H groups in total. The molecule has 7 nitrogen and oxygen atoms in total. The van der Waals surface area contributed by atoms with Crippen molar-refractivity contribution < 1.29 is 23.5 Å². The molecule has 1 aliphatic heterocycles. The Labute approximate surface area is 212 Å². The van der Waals surface area contributed by atoms with Gasteiger partial charge in [-0.1, -0.05) is 0 Å². The normalized spacial score (nSPS) is 14.7. The summed E-state index contributed by atoms with van der Waals surface area (Å²) >= 11 is 0.977. The molecule has 0 aliphatic carbocycles. The van der Waals surface area contributed by atoms with E-state index in [-0.39, 0.29) is 27.5 Å². The van der Waals surface area contributed by atoms with E-state index in [0.29, 0.717) is 29.3 Å². The number of carbonyl (C=O) groups excluding carboxylic acids is 2. The van der Waals surface area contributed by atoms with Crippen molar-refractivity contribution in [1.82, 2.24) is 9.80 Å². The van der Waals surface area contributed by atoms with Crippen LogP contribution in [0, 0.1) is 11.6 Å². The number of rotatable bonds is 6. The quantitative estimate of drug-likeness (QED) is 0.459. The van der Waals surface area contributed by atoms with Gasteiger partial charge in [0.05, 0.1) is 16.7 Å². The third-order valence-corrected chi connectivity index (χ3v) is 7.24. The Bertz CT molecular complexity index is 1270. The lowest BCUT2D eigenvalue weighted by molar-refractivity contribution is 0.0663. The van der Waals surface area contributed by atoms with Gasteiger partial charge in [-0.05, 0) is 68.9 Å². The van der Waals surface area contributed by atoms with Gasteiger partial charge in [0.2, 0.25) is 0 Å². The molecule has 36 heavy (non-hydrogen) atoms. The summed E-state index contributed by atoms with van der Waals surface area (Å²) in [5.41, 5.74) is 5.10. The smallest absolute Gasteiger partial charge is 0.253 e. The number of halogens is 2. The maximum Gasteiger partial charge on any atom is 0.253 e. The molecule has 190 valence electrons. The summed E-state index contributed by atoms with van der Waals surface area (Å²) in [4.78, 5) is 29.0. The van der Waals surface area contributed by atoms with Crippen LogP contribution < -0.4 is 11.1 Å². The fraction of sp³-hybridized carbons (Fsp3) is 0.308. The van der Waals surface area contributed by atoms with Gasteiger partial charge in [-0.25, -0.2) is 8.78 Å². The van der Waals surface area contributed by atoms with E-state index in [1.54, 1.807) is 24.3 Å². The number of hydrogen-bond acceptors (Lipinski definition) is 6. The molecule has 0 saturated carbocycles. The van der Waals surface area contributed by atoms with Crippen LogP contribution in [0.3, 0.4) is 0 Å². The highest BCUT2D eigenvalue weighted by Crippen LogP contribution is 2.40. The van der Waals surface area contributed by atoms with Crippen LogP contribution in [-0.2, 0) is 5.60 Å². The van der Waals surface area contributed by atoms with E-state index in [2.05, 4.69) is 10.2 Å². The lowest BCUT2D eigenvalue weighted by atomic mass is 9.96. The largest absolute Gasteiger partial charge is 0.386 e. The van der Waals surface area contributed by atoms with Gasteiger partial charge in [0.1, 0.15) is 16.6 Å². The Balaban J connectivity index is 1.58. The molecule has 3 aromatic rings. The van der Waals surface area contributed by atoms with Crippen LogP contribution in [0.25, 0.3) is 10.4 Å². The Morgan fingerprint density at radius 3 is 2.14 bits per heavy atom. The molecule has 1 aliphatic rings. The van der Waals surface area contributed by atoms with E-state index >= 15 is 0 Å². The van der Waals surface area contributed by atoms with E-state index in [1.165, 1.54) is 19.9 Å². The van der Waals surface area contributed by atoms with Crippen molar-refractivity contribution in [2.24, 2.45) is 5.73 Å². The van der Waals surface area contributed by atoms with Crippen molar-refractivity contribution >= 4 is 33.8 Å². The first-order chi connectivity index (χ1) is 16.9. The average molecular weight is 515 g/mol. The van der Waals surface area contributed by atoms with Gasteiger partial charge < -0.3 is 26.0 Å². The van der Waals surface area contributed by atoms with E-state index in [0.717, 1.165) is 36.6 Å². The number of nitrogens with two attached hydrogens (primary N) is 1. The highest BCUT2D eigenvalue weighted by Gasteiger charge is 2.25. The number of piperazine rings is 1. The van der Waals surface area contributed by atoms with Gasteiger partial charge in [0.25, 0.3) is 11.8 Å². The first kappa shape index (κ1) is 25.7. The SMILES string of the molecule is CN1CCN(C(=O)c2ccc(Nc3sc(-c4c(F)cc(C(C)(C)O)cc4F)cc3C(N)=O)cc2)CC1. The summed E-state index contributed by atoms with van der Waals surface area (Å²) in [6.45, 7) is 5.85. The molecule has 2 aromatic carbocycles. The van der Waals surface area contributed by atoms with Gasteiger partial charge in [0.15, 0.2) is 0 Å². The number of hydrogen-bond donors (Lipinski definition) is 3. The Kier molecular flexibility index (Phi) is 7.12. The molecule has 0 atom stereocenters. The Morgan fingerprint density at radius 1 is 1.03 bits per heavy atom. The van der Waals surface area contributed by atoms with Crippen LogP contribution in [0.15, 0.2) is 42.5 Å². The Hall–Kier alpha value is -3.34. The summed E-state index contributed by atoms with van der Waals surface area (Å²) in [7, 11) is 2.02.